The first-order valence-corrected chi connectivity index (χ1v) is 7.88. The molecule has 0 radical (unpaired) electrons. The highest BCUT2D eigenvalue weighted by atomic mass is 32.2. The molecular weight excluding hydrogens is 268 g/mol. The maximum atomic E-state index is 11.0. The number of nitrogens with one attached hydrogen (secondary N) is 1. The van der Waals surface area contributed by atoms with Gasteiger partial charge in [-0.05, 0) is 45.4 Å². The molecule has 0 amide bonds. The Balaban J connectivity index is 2.15. The number of rotatable bonds is 9. The molecule has 0 unspecified atom stereocenters. The van der Waals surface area contributed by atoms with Crippen LogP contribution in [0.15, 0.2) is 21.6 Å². The quantitative estimate of drug-likeness (QED) is 0.667. The van der Waals surface area contributed by atoms with E-state index < -0.39 is 10.0 Å². The minimum Gasteiger partial charge on any atom is -0.447 e. The van der Waals surface area contributed by atoms with Gasteiger partial charge in [0.15, 0.2) is 0 Å². The highest BCUT2D eigenvalue weighted by Gasteiger charge is 2.12. The molecule has 1 heterocycles. The van der Waals surface area contributed by atoms with Crippen molar-refractivity contribution >= 4 is 10.0 Å². The predicted octanol–water partition coefficient (Wildman–Crippen LogP) is 1.22. The Labute approximate surface area is 114 Å². The number of ether oxygens (including phenoxy) is 1. The summed E-state index contributed by atoms with van der Waals surface area (Å²) in [5, 5.41) is 7.92. The fraction of sp³-hybridized carbons (Fsp3) is 0.667. The highest BCUT2D eigenvalue weighted by Crippen LogP contribution is 2.11. The van der Waals surface area contributed by atoms with Crippen LogP contribution in [0.4, 0.5) is 0 Å². The molecule has 1 rings (SSSR count). The van der Waals surface area contributed by atoms with Gasteiger partial charge in [0.05, 0.1) is 12.6 Å². The Kier molecular flexibility index (Phi) is 6.50. The molecule has 0 fully saturated rings. The van der Waals surface area contributed by atoms with Crippen LogP contribution in [-0.2, 0) is 21.3 Å². The Morgan fingerprint density at radius 3 is 2.68 bits per heavy atom. The largest absolute Gasteiger partial charge is 0.447 e. The number of primary sulfonamides is 1. The number of unbranched alkanes of at least 4 members (excludes halogenated alkanes) is 1. The van der Waals surface area contributed by atoms with Gasteiger partial charge in [-0.1, -0.05) is 0 Å². The minimum atomic E-state index is -3.74. The number of furan rings is 1. The summed E-state index contributed by atoms with van der Waals surface area (Å²) in [5.41, 5.74) is 0. The molecule has 0 aliphatic rings. The van der Waals surface area contributed by atoms with E-state index in [9.17, 15) is 8.42 Å². The van der Waals surface area contributed by atoms with Crippen molar-refractivity contribution in [3.05, 3.63) is 17.9 Å². The van der Waals surface area contributed by atoms with Crippen LogP contribution < -0.4 is 10.5 Å². The molecule has 0 atom stereocenters. The van der Waals surface area contributed by atoms with E-state index in [0.29, 0.717) is 12.3 Å². The zero-order chi connectivity index (χ0) is 14.3. The van der Waals surface area contributed by atoms with Gasteiger partial charge in [0.1, 0.15) is 5.76 Å². The monoisotopic (exact) mass is 290 g/mol. The van der Waals surface area contributed by atoms with E-state index in [1.165, 1.54) is 6.07 Å². The first-order chi connectivity index (χ1) is 8.89. The van der Waals surface area contributed by atoms with Gasteiger partial charge in [-0.2, -0.15) is 0 Å². The predicted molar refractivity (Wildman–Crippen MR) is 72.1 cm³/mol. The third-order valence-corrected chi connectivity index (χ3v) is 3.20. The molecule has 1 aromatic rings. The van der Waals surface area contributed by atoms with Gasteiger partial charge in [-0.25, -0.2) is 13.6 Å². The zero-order valence-electron chi connectivity index (χ0n) is 11.4. The SMILES string of the molecule is CC(C)OCCCCNCc1ccc(S(N)(=O)=O)o1. The van der Waals surface area contributed by atoms with E-state index in [-0.39, 0.29) is 11.2 Å². The van der Waals surface area contributed by atoms with Crippen LogP contribution in [0, 0.1) is 0 Å². The molecule has 0 saturated heterocycles. The number of hydrogen-bond acceptors (Lipinski definition) is 5. The lowest BCUT2D eigenvalue weighted by Gasteiger charge is -2.07. The molecule has 19 heavy (non-hydrogen) atoms. The van der Waals surface area contributed by atoms with Crippen molar-refractivity contribution < 1.29 is 17.6 Å². The van der Waals surface area contributed by atoms with Crippen LogP contribution in [0.3, 0.4) is 0 Å². The second-order valence-corrected chi connectivity index (χ2v) is 6.06. The average molecular weight is 290 g/mol. The van der Waals surface area contributed by atoms with Gasteiger partial charge in [0, 0.05) is 6.61 Å². The second-order valence-electron chi connectivity index (χ2n) is 4.57. The second kappa shape index (κ2) is 7.64. The molecule has 110 valence electrons. The Bertz CT molecular complexity index is 468. The third-order valence-electron chi connectivity index (χ3n) is 2.42. The summed E-state index contributed by atoms with van der Waals surface area (Å²) in [4.78, 5) is 0. The Morgan fingerprint density at radius 2 is 2.11 bits per heavy atom. The molecule has 0 saturated carbocycles. The van der Waals surface area contributed by atoms with Gasteiger partial charge in [0.2, 0.25) is 5.09 Å². The zero-order valence-corrected chi connectivity index (χ0v) is 12.2. The third kappa shape index (κ3) is 6.72. The van der Waals surface area contributed by atoms with Crippen molar-refractivity contribution in [3.63, 3.8) is 0 Å². The first kappa shape index (κ1) is 16.2. The molecule has 0 aromatic carbocycles. The molecule has 3 N–H and O–H groups in total. The molecule has 0 spiro atoms. The van der Waals surface area contributed by atoms with Crippen LogP contribution in [0.2, 0.25) is 0 Å². The van der Waals surface area contributed by atoms with Gasteiger partial charge < -0.3 is 14.5 Å². The minimum absolute atomic E-state index is 0.199. The van der Waals surface area contributed by atoms with E-state index in [4.69, 9.17) is 14.3 Å². The average Bonchev–Trinajstić information content (AvgIpc) is 2.75. The van der Waals surface area contributed by atoms with Crippen molar-refractivity contribution in [2.24, 2.45) is 5.14 Å². The summed E-state index contributed by atoms with van der Waals surface area (Å²) in [6.07, 6.45) is 2.26. The molecule has 0 aliphatic heterocycles. The molecule has 6 nitrogen and oxygen atoms in total. The van der Waals surface area contributed by atoms with Gasteiger partial charge in [-0.3, -0.25) is 0 Å². The lowest BCUT2D eigenvalue weighted by Crippen LogP contribution is -2.15. The molecule has 0 bridgehead atoms. The number of sulfonamides is 1. The normalized spacial score (nSPS) is 12.2. The summed E-state index contributed by atoms with van der Waals surface area (Å²) in [7, 11) is -3.74. The molecule has 0 aliphatic carbocycles. The standard InChI is InChI=1S/C12H22N2O4S/c1-10(2)17-8-4-3-7-14-9-11-5-6-12(18-11)19(13,15)16/h5-6,10,14H,3-4,7-9H2,1-2H3,(H2,13,15,16). The fourth-order valence-corrected chi connectivity index (χ4v) is 1.97. The van der Waals surface area contributed by atoms with Gasteiger partial charge in [0.25, 0.3) is 10.0 Å². The van der Waals surface area contributed by atoms with Crippen LogP contribution in [0.25, 0.3) is 0 Å². The lowest BCUT2D eigenvalue weighted by atomic mass is 10.3. The molecule has 1 aromatic heterocycles. The van der Waals surface area contributed by atoms with E-state index in [1.807, 2.05) is 13.8 Å². The first-order valence-electron chi connectivity index (χ1n) is 6.33. The Hall–Kier alpha value is -0.890. The van der Waals surface area contributed by atoms with E-state index in [2.05, 4.69) is 5.32 Å². The smallest absolute Gasteiger partial charge is 0.271 e. The topological polar surface area (TPSA) is 94.6 Å². The van der Waals surface area contributed by atoms with Crippen molar-refractivity contribution in [3.8, 4) is 0 Å². The van der Waals surface area contributed by atoms with E-state index in [1.54, 1.807) is 6.07 Å². The molecular formula is C12H22N2O4S. The summed E-state index contributed by atoms with van der Waals surface area (Å²) in [6.45, 7) is 6.10. The van der Waals surface area contributed by atoms with Crippen LogP contribution in [0.5, 0.6) is 0 Å². The van der Waals surface area contributed by atoms with Crippen LogP contribution in [0.1, 0.15) is 32.4 Å². The van der Waals surface area contributed by atoms with Crippen molar-refractivity contribution in [2.75, 3.05) is 13.2 Å². The van der Waals surface area contributed by atoms with E-state index >= 15 is 0 Å². The Morgan fingerprint density at radius 1 is 1.37 bits per heavy atom. The molecule has 7 heteroatoms. The summed E-state index contributed by atoms with van der Waals surface area (Å²) in [5.74, 6) is 0.558. The highest BCUT2D eigenvalue weighted by molar-refractivity contribution is 7.89. The lowest BCUT2D eigenvalue weighted by molar-refractivity contribution is 0.0760. The maximum Gasteiger partial charge on any atom is 0.271 e. The van der Waals surface area contributed by atoms with Crippen molar-refractivity contribution in [1.29, 1.82) is 0 Å². The fourth-order valence-electron chi connectivity index (χ4n) is 1.49. The summed E-state index contributed by atoms with van der Waals surface area (Å²) < 4.78 is 32.5. The summed E-state index contributed by atoms with van der Waals surface area (Å²) >= 11 is 0. The van der Waals surface area contributed by atoms with Crippen molar-refractivity contribution in [2.45, 2.75) is 44.4 Å². The van der Waals surface area contributed by atoms with Crippen LogP contribution >= 0.6 is 0 Å². The van der Waals surface area contributed by atoms with E-state index in [0.717, 1.165) is 26.0 Å². The number of hydrogen-bond donors (Lipinski definition) is 2. The number of nitrogens with two attached hydrogens (primary N) is 1. The van der Waals surface area contributed by atoms with Crippen molar-refractivity contribution in [1.82, 2.24) is 5.32 Å². The van der Waals surface area contributed by atoms with Gasteiger partial charge >= 0.3 is 0 Å². The maximum absolute atomic E-state index is 11.0. The van der Waals surface area contributed by atoms with Gasteiger partial charge in [-0.15, -0.1) is 0 Å². The summed E-state index contributed by atoms with van der Waals surface area (Å²) in [6, 6.07) is 2.97. The van der Waals surface area contributed by atoms with Crippen LogP contribution in [-0.4, -0.2) is 27.7 Å².